The highest BCUT2D eigenvalue weighted by atomic mass is 16.3. The molecule has 0 spiro atoms. The van der Waals surface area contributed by atoms with E-state index in [9.17, 15) is 4.79 Å². The van der Waals surface area contributed by atoms with Gasteiger partial charge >= 0.3 is 0 Å². The van der Waals surface area contributed by atoms with Crippen molar-refractivity contribution in [2.45, 2.75) is 25.3 Å². The minimum Gasteiger partial charge on any atom is -0.467 e. The Hall–Kier alpha value is -2.60. The van der Waals surface area contributed by atoms with Crippen molar-refractivity contribution in [2.75, 3.05) is 19.6 Å². The summed E-state index contributed by atoms with van der Waals surface area (Å²) in [5.74, 6) is 2.18. The van der Waals surface area contributed by atoms with Gasteiger partial charge in [-0.15, -0.1) is 0 Å². The Morgan fingerprint density at radius 2 is 2.24 bits per heavy atom. The molecule has 1 aliphatic rings. The number of benzene rings is 1. The summed E-state index contributed by atoms with van der Waals surface area (Å²) in [5.41, 5.74) is 2.08. The van der Waals surface area contributed by atoms with Gasteiger partial charge in [-0.1, -0.05) is 12.1 Å². The number of rotatable bonds is 5. The first-order chi connectivity index (χ1) is 12.3. The third kappa shape index (κ3) is 3.74. The predicted octanol–water partition coefficient (Wildman–Crippen LogP) is 2.65. The number of para-hydroxylation sites is 2. The molecule has 1 fully saturated rings. The van der Waals surface area contributed by atoms with Gasteiger partial charge in [0.2, 0.25) is 5.91 Å². The number of hydrogen-bond donors (Lipinski definition) is 2. The number of furan rings is 1. The number of amides is 1. The van der Waals surface area contributed by atoms with E-state index in [-0.39, 0.29) is 5.91 Å². The molecular weight excluding hydrogens is 316 g/mol. The summed E-state index contributed by atoms with van der Waals surface area (Å²) in [6.07, 6.45) is 3.79. The molecule has 3 aromatic rings. The number of carbonyl (C=O) groups excluding carboxylic acids is 1. The summed E-state index contributed by atoms with van der Waals surface area (Å²) >= 11 is 0. The van der Waals surface area contributed by atoms with E-state index in [1.807, 2.05) is 30.3 Å². The van der Waals surface area contributed by atoms with Crippen LogP contribution in [-0.2, 0) is 11.3 Å². The predicted molar refractivity (Wildman–Crippen MR) is 95.1 cm³/mol. The van der Waals surface area contributed by atoms with Gasteiger partial charge in [0.15, 0.2) is 0 Å². The number of aromatic nitrogens is 2. The second kappa shape index (κ2) is 7.11. The van der Waals surface area contributed by atoms with Crippen molar-refractivity contribution in [1.29, 1.82) is 0 Å². The highest BCUT2D eigenvalue weighted by Crippen LogP contribution is 2.26. The van der Waals surface area contributed by atoms with Crippen molar-refractivity contribution in [1.82, 2.24) is 20.2 Å². The van der Waals surface area contributed by atoms with E-state index < -0.39 is 0 Å². The second-order valence-corrected chi connectivity index (χ2v) is 6.57. The Morgan fingerprint density at radius 1 is 1.32 bits per heavy atom. The van der Waals surface area contributed by atoms with Crippen LogP contribution < -0.4 is 5.32 Å². The van der Waals surface area contributed by atoms with Gasteiger partial charge in [0.05, 0.1) is 30.4 Å². The minimum absolute atomic E-state index is 0.0293. The summed E-state index contributed by atoms with van der Waals surface area (Å²) in [6, 6.07) is 11.8. The summed E-state index contributed by atoms with van der Waals surface area (Å²) in [6.45, 7) is 2.66. The van der Waals surface area contributed by atoms with Gasteiger partial charge in [-0.2, -0.15) is 0 Å². The molecule has 0 saturated carbocycles. The fourth-order valence-corrected chi connectivity index (χ4v) is 3.45. The minimum atomic E-state index is 0.0293. The standard InChI is InChI=1S/C19H22N4O2/c24-18(20-11-15-6-4-10-25-15)13-23-9-3-5-14(12-23)19-21-16-7-1-2-8-17(16)22-19/h1-2,4,6-8,10,14H,3,5,9,11-13H2,(H,20,24)(H,21,22)/t14-/m0/s1. The second-order valence-electron chi connectivity index (χ2n) is 6.57. The van der Waals surface area contributed by atoms with Crippen molar-refractivity contribution >= 4 is 16.9 Å². The molecule has 6 heteroatoms. The Kier molecular flexibility index (Phi) is 4.52. The Morgan fingerprint density at radius 3 is 3.08 bits per heavy atom. The van der Waals surface area contributed by atoms with Crippen LogP contribution in [0.4, 0.5) is 0 Å². The zero-order chi connectivity index (χ0) is 17.1. The summed E-state index contributed by atoms with van der Waals surface area (Å²) in [5, 5.41) is 2.91. The highest BCUT2D eigenvalue weighted by Gasteiger charge is 2.25. The molecule has 1 saturated heterocycles. The smallest absolute Gasteiger partial charge is 0.234 e. The molecule has 25 heavy (non-hydrogen) atoms. The average molecular weight is 338 g/mol. The normalized spacial score (nSPS) is 18.5. The van der Waals surface area contributed by atoms with Crippen LogP contribution >= 0.6 is 0 Å². The van der Waals surface area contributed by atoms with Crippen molar-refractivity contribution in [2.24, 2.45) is 0 Å². The Balaban J connectivity index is 1.34. The number of imidazole rings is 1. The number of aromatic amines is 1. The van der Waals surface area contributed by atoms with Gasteiger partial charge in [-0.05, 0) is 43.7 Å². The van der Waals surface area contributed by atoms with Crippen molar-refractivity contribution in [3.05, 3.63) is 54.2 Å². The maximum Gasteiger partial charge on any atom is 0.234 e. The van der Waals surface area contributed by atoms with Crippen LogP contribution in [0.5, 0.6) is 0 Å². The fourth-order valence-electron chi connectivity index (χ4n) is 3.45. The monoisotopic (exact) mass is 338 g/mol. The van der Waals surface area contributed by atoms with E-state index >= 15 is 0 Å². The number of fused-ring (bicyclic) bond motifs is 1. The van der Waals surface area contributed by atoms with Gasteiger partial charge in [0.25, 0.3) is 0 Å². The quantitative estimate of drug-likeness (QED) is 0.750. The number of carbonyl (C=O) groups is 1. The molecule has 130 valence electrons. The highest BCUT2D eigenvalue weighted by molar-refractivity contribution is 5.78. The molecule has 2 aromatic heterocycles. The third-order valence-electron chi connectivity index (χ3n) is 4.71. The van der Waals surface area contributed by atoms with Gasteiger partial charge < -0.3 is 14.7 Å². The van der Waals surface area contributed by atoms with Crippen LogP contribution in [0.1, 0.15) is 30.3 Å². The first kappa shape index (κ1) is 15.9. The number of H-pyrrole nitrogens is 1. The SMILES string of the molecule is O=C(CN1CCC[C@H](c2nc3ccccc3[nH]2)C1)NCc1ccco1. The van der Waals surface area contributed by atoms with Gasteiger partial charge in [-0.25, -0.2) is 4.98 Å². The van der Waals surface area contributed by atoms with Crippen LogP contribution in [0, 0.1) is 0 Å². The number of nitrogens with one attached hydrogen (secondary N) is 2. The Bertz CT molecular complexity index is 807. The van der Waals surface area contributed by atoms with E-state index in [4.69, 9.17) is 9.40 Å². The summed E-state index contributed by atoms with van der Waals surface area (Å²) in [4.78, 5) is 22.5. The van der Waals surface area contributed by atoms with Crippen LogP contribution in [0.25, 0.3) is 11.0 Å². The van der Waals surface area contributed by atoms with E-state index in [1.165, 1.54) is 0 Å². The molecule has 2 N–H and O–H groups in total. The molecular formula is C19H22N4O2. The van der Waals surface area contributed by atoms with Gasteiger partial charge in [0, 0.05) is 12.5 Å². The maximum absolute atomic E-state index is 12.2. The molecule has 0 radical (unpaired) electrons. The van der Waals surface area contributed by atoms with E-state index in [2.05, 4.69) is 21.3 Å². The van der Waals surface area contributed by atoms with E-state index in [0.717, 1.165) is 48.5 Å². The molecule has 1 amide bonds. The van der Waals surface area contributed by atoms with E-state index in [0.29, 0.717) is 19.0 Å². The number of hydrogen-bond acceptors (Lipinski definition) is 4. The van der Waals surface area contributed by atoms with Gasteiger partial charge in [-0.3, -0.25) is 9.69 Å². The lowest BCUT2D eigenvalue weighted by molar-refractivity contribution is -0.122. The number of nitrogens with zero attached hydrogens (tertiary/aromatic N) is 2. The molecule has 4 rings (SSSR count). The van der Waals surface area contributed by atoms with Crippen LogP contribution in [-0.4, -0.2) is 40.4 Å². The van der Waals surface area contributed by atoms with Crippen molar-refractivity contribution in [3.8, 4) is 0 Å². The molecule has 1 aliphatic heterocycles. The van der Waals surface area contributed by atoms with Crippen molar-refractivity contribution < 1.29 is 9.21 Å². The molecule has 1 aromatic carbocycles. The Labute approximate surface area is 146 Å². The number of piperidine rings is 1. The molecule has 3 heterocycles. The maximum atomic E-state index is 12.2. The third-order valence-corrected chi connectivity index (χ3v) is 4.71. The lowest BCUT2D eigenvalue weighted by Gasteiger charge is -2.31. The lowest BCUT2D eigenvalue weighted by atomic mass is 9.97. The first-order valence-corrected chi connectivity index (χ1v) is 8.74. The van der Waals surface area contributed by atoms with Crippen molar-refractivity contribution in [3.63, 3.8) is 0 Å². The zero-order valence-corrected chi connectivity index (χ0v) is 14.1. The summed E-state index contributed by atoms with van der Waals surface area (Å²) in [7, 11) is 0. The first-order valence-electron chi connectivity index (χ1n) is 8.74. The fraction of sp³-hybridized carbons (Fsp3) is 0.368. The van der Waals surface area contributed by atoms with Crippen LogP contribution in [0.3, 0.4) is 0 Å². The molecule has 0 aliphatic carbocycles. The lowest BCUT2D eigenvalue weighted by Crippen LogP contribution is -2.42. The average Bonchev–Trinajstić information content (AvgIpc) is 3.29. The number of likely N-dealkylation sites (tertiary alicyclic amines) is 1. The zero-order valence-electron chi connectivity index (χ0n) is 14.1. The van der Waals surface area contributed by atoms with Crippen LogP contribution in [0.15, 0.2) is 47.1 Å². The van der Waals surface area contributed by atoms with Gasteiger partial charge in [0.1, 0.15) is 11.6 Å². The molecule has 1 atom stereocenters. The molecule has 0 bridgehead atoms. The van der Waals surface area contributed by atoms with E-state index in [1.54, 1.807) is 6.26 Å². The largest absolute Gasteiger partial charge is 0.467 e. The molecule has 6 nitrogen and oxygen atoms in total. The molecule has 0 unspecified atom stereocenters. The van der Waals surface area contributed by atoms with Crippen LogP contribution in [0.2, 0.25) is 0 Å². The summed E-state index contributed by atoms with van der Waals surface area (Å²) < 4.78 is 5.24. The topological polar surface area (TPSA) is 74.2 Å².